The zero-order valence-electron chi connectivity index (χ0n) is 10.6. The van der Waals surface area contributed by atoms with Gasteiger partial charge in [0.15, 0.2) is 0 Å². The first kappa shape index (κ1) is 13.1. The Kier molecular flexibility index (Phi) is 6.04. The molecule has 0 saturated heterocycles. The molecule has 3 heteroatoms. The van der Waals surface area contributed by atoms with Crippen molar-refractivity contribution in [2.75, 3.05) is 13.1 Å². The van der Waals surface area contributed by atoms with Crippen molar-refractivity contribution in [2.24, 2.45) is 0 Å². The first-order valence-corrected chi connectivity index (χ1v) is 6.08. The molecule has 0 fully saturated rings. The summed E-state index contributed by atoms with van der Waals surface area (Å²) in [5.74, 6) is 0. The van der Waals surface area contributed by atoms with Gasteiger partial charge >= 0.3 is 0 Å². The first-order valence-electron chi connectivity index (χ1n) is 6.08. The molecule has 90 valence electrons. The summed E-state index contributed by atoms with van der Waals surface area (Å²) in [6, 6.07) is 4.69. The van der Waals surface area contributed by atoms with Gasteiger partial charge in [-0.15, -0.1) is 0 Å². The minimum absolute atomic E-state index is 0.500. The van der Waals surface area contributed by atoms with Gasteiger partial charge in [0.05, 0.1) is 0 Å². The smallest absolute Gasteiger partial charge is 0.0375 e. The Morgan fingerprint density at radius 1 is 1.44 bits per heavy atom. The number of aryl methyl sites for hydroxylation is 1. The first-order chi connectivity index (χ1) is 7.72. The van der Waals surface area contributed by atoms with Gasteiger partial charge in [-0.1, -0.05) is 6.92 Å². The van der Waals surface area contributed by atoms with Crippen molar-refractivity contribution in [3.63, 3.8) is 0 Å². The summed E-state index contributed by atoms with van der Waals surface area (Å²) in [5, 5.41) is 6.90. The average Bonchev–Trinajstić information content (AvgIpc) is 2.27. The monoisotopic (exact) mass is 221 g/mol. The summed E-state index contributed by atoms with van der Waals surface area (Å²) < 4.78 is 0. The van der Waals surface area contributed by atoms with Crippen LogP contribution in [0.25, 0.3) is 0 Å². The van der Waals surface area contributed by atoms with Crippen LogP contribution in [0.2, 0.25) is 0 Å². The average molecular weight is 221 g/mol. The van der Waals surface area contributed by atoms with Crippen LogP contribution in [0.4, 0.5) is 0 Å². The molecule has 0 amide bonds. The summed E-state index contributed by atoms with van der Waals surface area (Å²) in [6.45, 7) is 9.45. The summed E-state index contributed by atoms with van der Waals surface area (Å²) >= 11 is 0. The third-order valence-corrected chi connectivity index (χ3v) is 2.49. The Balaban J connectivity index is 2.23. The molecule has 0 aliphatic rings. The van der Waals surface area contributed by atoms with Gasteiger partial charge in [-0.25, -0.2) is 0 Å². The molecule has 0 radical (unpaired) electrons. The molecule has 1 rings (SSSR count). The van der Waals surface area contributed by atoms with E-state index in [4.69, 9.17) is 0 Å². The Morgan fingerprint density at radius 2 is 2.25 bits per heavy atom. The molecule has 0 aliphatic heterocycles. The molecule has 1 heterocycles. The topological polar surface area (TPSA) is 37.0 Å². The Labute approximate surface area is 98.7 Å². The van der Waals surface area contributed by atoms with Gasteiger partial charge in [-0.3, -0.25) is 4.98 Å². The van der Waals surface area contributed by atoms with Gasteiger partial charge in [0.1, 0.15) is 0 Å². The molecule has 2 N–H and O–H groups in total. The molecule has 0 saturated carbocycles. The Morgan fingerprint density at radius 3 is 2.94 bits per heavy atom. The van der Waals surface area contributed by atoms with Gasteiger partial charge in [0, 0.05) is 31.0 Å². The van der Waals surface area contributed by atoms with Crippen molar-refractivity contribution in [1.29, 1.82) is 0 Å². The van der Waals surface area contributed by atoms with Crippen LogP contribution in [0, 0.1) is 6.92 Å². The van der Waals surface area contributed by atoms with Crippen LogP contribution >= 0.6 is 0 Å². The minimum atomic E-state index is 0.500. The normalized spacial score (nSPS) is 12.7. The highest BCUT2D eigenvalue weighted by molar-refractivity contribution is 5.15. The zero-order valence-corrected chi connectivity index (χ0v) is 10.6. The molecular formula is C13H23N3. The molecule has 3 nitrogen and oxygen atoms in total. The van der Waals surface area contributed by atoms with E-state index in [0.717, 1.165) is 25.3 Å². The fourth-order valence-electron chi connectivity index (χ4n) is 1.57. The predicted molar refractivity (Wildman–Crippen MR) is 68.4 cm³/mol. The van der Waals surface area contributed by atoms with Crippen molar-refractivity contribution in [3.8, 4) is 0 Å². The minimum Gasteiger partial charge on any atom is -0.315 e. The van der Waals surface area contributed by atoms with Crippen molar-refractivity contribution < 1.29 is 0 Å². The number of nitrogens with zero attached hydrogens (tertiary/aromatic N) is 1. The summed E-state index contributed by atoms with van der Waals surface area (Å²) in [4.78, 5) is 4.19. The lowest BCUT2D eigenvalue weighted by atomic mass is 10.2. The number of nitrogens with one attached hydrogen (secondary N) is 2. The number of hydrogen-bond donors (Lipinski definition) is 2. The van der Waals surface area contributed by atoms with Crippen LogP contribution in [0.15, 0.2) is 18.3 Å². The molecule has 0 aromatic carbocycles. The third kappa shape index (κ3) is 5.24. The van der Waals surface area contributed by atoms with E-state index in [1.54, 1.807) is 0 Å². The fourth-order valence-corrected chi connectivity index (χ4v) is 1.57. The lowest BCUT2D eigenvalue weighted by Gasteiger charge is -2.14. The standard InChI is InChI=1S/C13H23N3/c1-4-6-14-9-12(3)16-10-13-5-7-15-11(2)8-13/h5,7-8,12,14,16H,4,6,9-10H2,1-3H3. The Bertz CT molecular complexity index is 299. The highest BCUT2D eigenvalue weighted by Crippen LogP contribution is 2.00. The van der Waals surface area contributed by atoms with Gasteiger partial charge in [-0.05, 0) is 44.5 Å². The van der Waals surface area contributed by atoms with E-state index in [1.807, 2.05) is 13.1 Å². The quantitative estimate of drug-likeness (QED) is 0.690. The highest BCUT2D eigenvalue weighted by atomic mass is 15.0. The van der Waals surface area contributed by atoms with Crippen LogP contribution in [0.5, 0.6) is 0 Å². The van der Waals surface area contributed by atoms with E-state index >= 15 is 0 Å². The molecule has 0 spiro atoms. The van der Waals surface area contributed by atoms with E-state index in [-0.39, 0.29) is 0 Å². The summed E-state index contributed by atoms with van der Waals surface area (Å²) in [5.41, 5.74) is 2.38. The predicted octanol–water partition coefficient (Wildman–Crippen LogP) is 1.87. The van der Waals surface area contributed by atoms with Crippen LogP contribution in [0.1, 0.15) is 31.5 Å². The molecule has 1 unspecified atom stereocenters. The molecule has 0 bridgehead atoms. The van der Waals surface area contributed by atoms with Gasteiger partial charge in [0.25, 0.3) is 0 Å². The molecule has 1 aromatic rings. The van der Waals surface area contributed by atoms with Crippen LogP contribution in [-0.4, -0.2) is 24.1 Å². The summed E-state index contributed by atoms with van der Waals surface area (Å²) in [7, 11) is 0. The molecular weight excluding hydrogens is 198 g/mol. The van der Waals surface area contributed by atoms with Gasteiger partial charge in [0.2, 0.25) is 0 Å². The van der Waals surface area contributed by atoms with E-state index in [9.17, 15) is 0 Å². The second-order valence-corrected chi connectivity index (χ2v) is 4.29. The van der Waals surface area contributed by atoms with E-state index in [0.29, 0.717) is 6.04 Å². The number of rotatable bonds is 7. The molecule has 16 heavy (non-hydrogen) atoms. The van der Waals surface area contributed by atoms with E-state index in [2.05, 4.69) is 41.6 Å². The van der Waals surface area contributed by atoms with Gasteiger partial charge in [-0.2, -0.15) is 0 Å². The molecule has 1 aromatic heterocycles. The van der Waals surface area contributed by atoms with Crippen LogP contribution < -0.4 is 10.6 Å². The fraction of sp³-hybridized carbons (Fsp3) is 0.615. The number of pyridine rings is 1. The lowest BCUT2D eigenvalue weighted by molar-refractivity contribution is 0.501. The maximum Gasteiger partial charge on any atom is 0.0375 e. The van der Waals surface area contributed by atoms with Crippen molar-refractivity contribution >= 4 is 0 Å². The maximum atomic E-state index is 4.19. The van der Waals surface area contributed by atoms with E-state index < -0.39 is 0 Å². The maximum absolute atomic E-state index is 4.19. The number of aromatic nitrogens is 1. The molecule has 0 aliphatic carbocycles. The molecule has 1 atom stereocenters. The van der Waals surface area contributed by atoms with Crippen molar-refractivity contribution in [2.45, 2.75) is 39.8 Å². The second kappa shape index (κ2) is 7.36. The Hall–Kier alpha value is -0.930. The number of hydrogen-bond acceptors (Lipinski definition) is 3. The van der Waals surface area contributed by atoms with Gasteiger partial charge < -0.3 is 10.6 Å². The van der Waals surface area contributed by atoms with Crippen molar-refractivity contribution in [3.05, 3.63) is 29.6 Å². The third-order valence-electron chi connectivity index (χ3n) is 2.49. The SMILES string of the molecule is CCCNCC(C)NCc1ccnc(C)c1. The zero-order chi connectivity index (χ0) is 11.8. The van der Waals surface area contributed by atoms with Crippen LogP contribution in [-0.2, 0) is 6.54 Å². The lowest BCUT2D eigenvalue weighted by Crippen LogP contribution is -2.36. The highest BCUT2D eigenvalue weighted by Gasteiger charge is 2.00. The summed E-state index contributed by atoms with van der Waals surface area (Å²) in [6.07, 6.45) is 3.06. The largest absolute Gasteiger partial charge is 0.315 e. The van der Waals surface area contributed by atoms with E-state index in [1.165, 1.54) is 12.0 Å². The van der Waals surface area contributed by atoms with Crippen LogP contribution in [0.3, 0.4) is 0 Å². The van der Waals surface area contributed by atoms with Crippen molar-refractivity contribution in [1.82, 2.24) is 15.6 Å². The second-order valence-electron chi connectivity index (χ2n) is 4.29.